The Kier molecular flexibility index (Phi) is 4.91. The Morgan fingerprint density at radius 1 is 1.25 bits per heavy atom. The van der Waals surface area contributed by atoms with Crippen molar-refractivity contribution in [1.82, 2.24) is 15.5 Å². The third-order valence-electron chi connectivity index (χ3n) is 3.96. The first-order chi connectivity index (χ1) is 11.1. The number of halogens is 1. The van der Waals surface area contributed by atoms with Crippen LogP contribution in [-0.2, 0) is 9.59 Å². The van der Waals surface area contributed by atoms with E-state index in [1.807, 2.05) is 13.8 Å². The zero-order valence-corrected chi connectivity index (χ0v) is 14.2. The lowest BCUT2D eigenvalue weighted by atomic mass is 9.96. The minimum absolute atomic E-state index is 0.0546. The quantitative estimate of drug-likeness (QED) is 0.808. The number of benzene rings is 1. The van der Waals surface area contributed by atoms with Crippen molar-refractivity contribution in [1.29, 1.82) is 0 Å². The summed E-state index contributed by atoms with van der Waals surface area (Å²) >= 11 is 0. The van der Waals surface area contributed by atoms with Crippen molar-refractivity contribution in [3.63, 3.8) is 0 Å². The molecule has 6 nitrogen and oxygen atoms in total. The average Bonchev–Trinajstić information content (AvgIpc) is 2.67. The third-order valence-corrected chi connectivity index (χ3v) is 3.96. The van der Waals surface area contributed by atoms with E-state index in [0.29, 0.717) is 0 Å². The van der Waals surface area contributed by atoms with Gasteiger partial charge in [-0.25, -0.2) is 9.18 Å². The van der Waals surface area contributed by atoms with Gasteiger partial charge in [-0.3, -0.25) is 14.5 Å². The van der Waals surface area contributed by atoms with E-state index in [1.54, 1.807) is 26.0 Å². The number of hydrogen-bond donors (Lipinski definition) is 2. The van der Waals surface area contributed by atoms with E-state index in [4.69, 9.17) is 0 Å². The van der Waals surface area contributed by atoms with E-state index < -0.39 is 23.4 Å². The predicted octanol–water partition coefficient (Wildman–Crippen LogP) is 1.97. The Labute approximate surface area is 140 Å². The Hall–Kier alpha value is -2.44. The van der Waals surface area contributed by atoms with Crippen LogP contribution < -0.4 is 10.6 Å². The first kappa shape index (κ1) is 17.9. The monoisotopic (exact) mass is 335 g/mol. The van der Waals surface area contributed by atoms with Crippen LogP contribution in [0, 0.1) is 11.7 Å². The number of nitrogens with one attached hydrogen (secondary N) is 2. The molecule has 7 heteroatoms. The number of nitrogens with zero attached hydrogens (tertiary/aromatic N) is 1. The van der Waals surface area contributed by atoms with Gasteiger partial charge in [0, 0.05) is 0 Å². The highest BCUT2D eigenvalue weighted by Gasteiger charge is 2.45. The number of imide groups is 1. The highest BCUT2D eigenvalue weighted by atomic mass is 19.1. The van der Waals surface area contributed by atoms with Crippen LogP contribution in [0.4, 0.5) is 9.18 Å². The molecule has 1 heterocycles. The summed E-state index contributed by atoms with van der Waals surface area (Å²) < 4.78 is 13.1. The highest BCUT2D eigenvalue weighted by Crippen LogP contribution is 2.22. The summed E-state index contributed by atoms with van der Waals surface area (Å²) in [6.07, 6.45) is 0. The second-order valence-electron chi connectivity index (χ2n) is 6.79. The molecule has 130 valence electrons. The number of amides is 4. The Morgan fingerprint density at radius 2 is 1.83 bits per heavy atom. The molecule has 1 aliphatic rings. The minimum atomic E-state index is -1.01. The summed E-state index contributed by atoms with van der Waals surface area (Å²) in [5.74, 6) is -1.18. The van der Waals surface area contributed by atoms with Crippen molar-refractivity contribution in [3.05, 3.63) is 35.6 Å². The zero-order valence-electron chi connectivity index (χ0n) is 14.2. The standard InChI is InChI=1S/C17H22FN3O3/c1-10(2)14(11-5-7-12(18)8-6-11)19-13(22)9-21-15(23)17(3,4)20-16(21)24/h5-8,10,14H,9H2,1-4H3,(H,19,22)(H,20,24). The van der Waals surface area contributed by atoms with Gasteiger partial charge in [0.1, 0.15) is 17.9 Å². The maximum absolute atomic E-state index is 13.1. The molecule has 24 heavy (non-hydrogen) atoms. The van der Waals surface area contributed by atoms with Gasteiger partial charge in [-0.2, -0.15) is 0 Å². The molecule has 4 amide bonds. The first-order valence-corrected chi connectivity index (χ1v) is 7.81. The number of carbonyl (C=O) groups is 3. The smallest absolute Gasteiger partial charge is 0.325 e. The molecule has 1 fully saturated rings. The minimum Gasteiger partial charge on any atom is -0.347 e. The summed E-state index contributed by atoms with van der Waals surface area (Å²) in [5.41, 5.74) is -0.247. The van der Waals surface area contributed by atoms with Crippen LogP contribution in [0.15, 0.2) is 24.3 Å². The highest BCUT2D eigenvalue weighted by molar-refractivity contribution is 6.08. The molecule has 0 radical (unpaired) electrons. The SMILES string of the molecule is CC(C)C(NC(=O)CN1C(=O)NC(C)(C)C1=O)c1ccc(F)cc1. The summed E-state index contributed by atoms with van der Waals surface area (Å²) in [5, 5.41) is 5.34. The molecule has 0 saturated carbocycles. The van der Waals surface area contributed by atoms with Crippen LogP contribution in [0.2, 0.25) is 0 Å². The lowest BCUT2D eigenvalue weighted by Gasteiger charge is -2.24. The van der Waals surface area contributed by atoms with Gasteiger partial charge in [0.25, 0.3) is 5.91 Å². The largest absolute Gasteiger partial charge is 0.347 e. The first-order valence-electron chi connectivity index (χ1n) is 7.81. The van der Waals surface area contributed by atoms with Crippen LogP contribution >= 0.6 is 0 Å². The lowest BCUT2D eigenvalue weighted by molar-refractivity contribution is -0.134. The molecule has 0 aliphatic carbocycles. The molecule has 0 spiro atoms. The number of hydrogen-bond acceptors (Lipinski definition) is 3. The fourth-order valence-corrected chi connectivity index (χ4v) is 2.63. The lowest BCUT2D eigenvalue weighted by Crippen LogP contribution is -2.44. The van der Waals surface area contributed by atoms with Gasteiger partial charge < -0.3 is 10.6 Å². The number of carbonyl (C=O) groups excluding carboxylic acids is 3. The molecule has 1 aromatic carbocycles. The maximum Gasteiger partial charge on any atom is 0.325 e. The van der Waals surface area contributed by atoms with Crippen LogP contribution in [0.1, 0.15) is 39.3 Å². The second-order valence-corrected chi connectivity index (χ2v) is 6.79. The summed E-state index contributed by atoms with van der Waals surface area (Å²) in [4.78, 5) is 37.2. The average molecular weight is 335 g/mol. The molecule has 1 unspecified atom stereocenters. The van der Waals surface area contributed by atoms with Gasteiger partial charge in [-0.1, -0.05) is 26.0 Å². The second kappa shape index (κ2) is 6.59. The van der Waals surface area contributed by atoms with Gasteiger partial charge in [0.2, 0.25) is 5.91 Å². The van der Waals surface area contributed by atoms with Crippen LogP contribution in [0.25, 0.3) is 0 Å². The van der Waals surface area contributed by atoms with Crippen molar-refractivity contribution < 1.29 is 18.8 Å². The zero-order chi connectivity index (χ0) is 18.1. The summed E-state index contributed by atoms with van der Waals surface area (Å²) in [6.45, 7) is 6.66. The van der Waals surface area contributed by atoms with Gasteiger partial charge in [0.05, 0.1) is 6.04 Å². The Morgan fingerprint density at radius 3 is 2.29 bits per heavy atom. The van der Waals surface area contributed by atoms with E-state index in [2.05, 4.69) is 10.6 Å². The molecular formula is C17H22FN3O3. The molecule has 1 atom stereocenters. The molecule has 2 rings (SSSR count). The van der Waals surface area contributed by atoms with Crippen molar-refractivity contribution >= 4 is 17.8 Å². The number of urea groups is 1. The van der Waals surface area contributed by atoms with Crippen LogP contribution in [0.3, 0.4) is 0 Å². The fraction of sp³-hybridized carbons (Fsp3) is 0.471. The van der Waals surface area contributed by atoms with E-state index in [1.165, 1.54) is 12.1 Å². The normalized spacial score (nSPS) is 17.8. The Bertz CT molecular complexity index is 656. The molecule has 2 N–H and O–H groups in total. The van der Waals surface area contributed by atoms with Gasteiger partial charge in [0.15, 0.2) is 0 Å². The summed E-state index contributed by atoms with van der Waals surface area (Å²) in [6, 6.07) is 4.96. The van der Waals surface area contributed by atoms with Gasteiger partial charge >= 0.3 is 6.03 Å². The van der Waals surface area contributed by atoms with E-state index >= 15 is 0 Å². The maximum atomic E-state index is 13.1. The topological polar surface area (TPSA) is 78.5 Å². The van der Waals surface area contributed by atoms with Crippen molar-refractivity contribution in [2.75, 3.05) is 6.54 Å². The molecular weight excluding hydrogens is 313 g/mol. The van der Waals surface area contributed by atoms with E-state index in [9.17, 15) is 18.8 Å². The molecule has 1 saturated heterocycles. The van der Waals surface area contributed by atoms with Crippen LogP contribution in [0.5, 0.6) is 0 Å². The third kappa shape index (κ3) is 3.72. The van der Waals surface area contributed by atoms with Crippen molar-refractivity contribution in [2.45, 2.75) is 39.3 Å². The van der Waals surface area contributed by atoms with Gasteiger partial charge in [-0.05, 0) is 37.5 Å². The van der Waals surface area contributed by atoms with E-state index in [0.717, 1.165) is 10.5 Å². The molecule has 0 aromatic heterocycles. The molecule has 1 aromatic rings. The van der Waals surface area contributed by atoms with Crippen molar-refractivity contribution in [2.24, 2.45) is 5.92 Å². The van der Waals surface area contributed by atoms with Crippen LogP contribution in [-0.4, -0.2) is 34.8 Å². The van der Waals surface area contributed by atoms with Crippen molar-refractivity contribution in [3.8, 4) is 0 Å². The van der Waals surface area contributed by atoms with Gasteiger partial charge in [-0.15, -0.1) is 0 Å². The predicted molar refractivity (Wildman–Crippen MR) is 86.4 cm³/mol. The Balaban J connectivity index is 2.08. The molecule has 1 aliphatic heterocycles. The summed E-state index contributed by atoms with van der Waals surface area (Å²) in [7, 11) is 0. The molecule has 0 bridgehead atoms. The number of rotatable bonds is 5. The van der Waals surface area contributed by atoms with E-state index in [-0.39, 0.29) is 24.3 Å². The fourth-order valence-electron chi connectivity index (χ4n) is 2.63.